The lowest BCUT2D eigenvalue weighted by Crippen LogP contribution is -2.53. The van der Waals surface area contributed by atoms with Gasteiger partial charge in [-0.25, -0.2) is 13.6 Å². The molecule has 4 N–H and O–H groups in total. The summed E-state index contributed by atoms with van der Waals surface area (Å²) in [6.45, 7) is 4.93. The molecule has 23 heavy (non-hydrogen) atoms. The SMILES string of the molecule is NC(CCCCS(N)(=O)=O)(OCCN1CCOCC1)C1CCC1. The summed E-state index contributed by atoms with van der Waals surface area (Å²) in [6, 6.07) is 0. The van der Waals surface area contributed by atoms with E-state index in [1.807, 2.05) is 0 Å². The summed E-state index contributed by atoms with van der Waals surface area (Å²) in [5.74, 6) is 0.406. The molecule has 2 rings (SSSR count). The van der Waals surface area contributed by atoms with Gasteiger partial charge in [0.25, 0.3) is 0 Å². The van der Waals surface area contributed by atoms with Crippen LogP contribution in [0.2, 0.25) is 0 Å². The lowest BCUT2D eigenvalue weighted by molar-refractivity contribution is -0.118. The van der Waals surface area contributed by atoms with E-state index in [0.29, 0.717) is 25.4 Å². The number of primary sulfonamides is 1. The number of rotatable bonds is 10. The first-order valence-electron chi connectivity index (χ1n) is 8.62. The van der Waals surface area contributed by atoms with E-state index in [2.05, 4.69) is 4.90 Å². The van der Waals surface area contributed by atoms with Crippen LogP contribution >= 0.6 is 0 Å². The Morgan fingerprint density at radius 1 is 1.22 bits per heavy atom. The summed E-state index contributed by atoms with van der Waals surface area (Å²) >= 11 is 0. The average Bonchev–Trinajstić information content (AvgIpc) is 2.42. The monoisotopic (exact) mass is 349 g/mol. The third-order valence-corrected chi connectivity index (χ3v) is 5.78. The van der Waals surface area contributed by atoms with Crippen molar-refractivity contribution in [2.75, 3.05) is 45.2 Å². The van der Waals surface area contributed by atoms with Crippen LogP contribution < -0.4 is 10.9 Å². The van der Waals surface area contributed by atoms with Crippen LogP contribution in [-0.2, 0) is 19.5 Å². The molecule has 0 spiro atoms. The summed E-state index contributed by atoms with van der Waals surface area (Å²) in [7, 11) is -3.39. The molecule has 0 amide bonds. The zero-order valence-corrected chi connectivity index (χ0v) is 14.7. The van der Waals surface area contributed by atoms with E-state index in [-0.39, 0.29) is 5.75 Å². The molecule has 1 aliphatic heterocycles. The molecule has 1 atom stereocenters. The second-order valence-corrected chi connectivity index (χ2v) is 8.44. The number of nitrogens with two attached hydrogens (primary N) is 2. The molecule has 1 aliphatic carbocycles. The minimum atomic E-state index is -3.39. The second kappa shape index (κ2) is 8.73. The van der Waals surface area contributed by atoms with Gasteiger partial charge in [-0.15, -0.1) is 0 Å². The maximum atomic E-state index is 11.0. The number of unbranched alkanes of at least 4 members (excludes halogenated alkanes) is 1. The van der Waals surface area contributed by atoms with Gasteiger partial charge in [0.1, 0.15) is 5.72 Å². The van der Waals surface area contributed by atoms with Crippen LogP contribution in [0.1, 0.15) is 38.5 Å². The van der Waals surface area contributed by atoms with E-state index in [4.69, 9.17) is 20.3 Å². The summed E-state index contributed by atoms with van der Waals surface area (Å²) in [4.78, 5) is 2.33. The van der Waals surface area contributed by atoms with Crippen molar-refractivity contribution in [3.05, 3.63) is 0 Å². The lowest BCUT2D eigenvalue weighted by atomic mass is 9.75. The molecular weight excluding hydrogens is 318 g/mol. The third kappa shape index (κ3) is 6.64. The van der Waals surface area contributed by atoms with Gasteiger partial charge in [-0.05, 0) is 32.1 Å². The van der Waals surface area contributed by atoms with Crippen molar-refractivity contribution >= 4 is 10.0 Å². The molecule has 8 heteroatoms. The molecule has 0 bridgehead atoms. The Labute approximate surface area is 139 Å². The average molecular weight is 349 g/mol. The van der Waals surface area contributed by atoms with Crippen LogP contribution in [0.15, 0.2) is 0 Å². The molecule has 2 aliphatic rings. The van der Waals surface area contributed by atoms with Crippen LogP contribution in [0.5, 0.6) is 0 Å². The standard InChI is InChI=1S/C15H31N3O4S/c16-15(14-4-3-5-14,6-1-2-13-23(17,19)20)22-12-9-18-7-10-21-11-8-18/h14H,1-13,16H2,(H2,17,19,20). The van der Waals surface area contributed by atoms with Gasteiger partial charge in [0.2, 0.25) is 10.0 Å². The third-order valence-electron chi connectivity index (χ3n) is 4.92. The van der Waals surface area contributed by atoms with Crippen LogP contribution in [0.4, 0.5) is 0 Å². The van der Waals surface area contributed by atoms with Crippen LogP contribution in [-0.4, -0.2) is 64.3 Å². The van der Waals surface area contributed by atoms with E-state index in [1.165, 1.54) is 6.42 Å². The van der Waals surface area contributed by atoms with Crippen molar-refractivity contribution in [1.82, 2.24) is 4.90 Å². The highest BCUT2D eigenvalue weighted by Gasteiger charge is 2.39. The quantitative estimate of drug-likeness (QED) is 0.432. The molecule has 2 fully saturated rings. The van der Waals surface area contributed by atoms with E-state index < -0.39 is 15.7 Å². The first-order chi connectivity index (χ1) is 10.9. The van der Waals surface area contributed by atoms with Gasteiger partial charge in [-0.3, -0.25) is 4.90 Å². The number of hydrogen-bond acceptors (Lipinski definition) is 6. The highest BCUT2D eigenvalue weighted by Crippen LogP contribution is 2.38. The predicted molar refractivity (Wildman–Crippen MR) is 89.3 cm³/mol. The van der Waals surface area contributed by atoms with Crippen molar-refractivity contribution in [3.8, 4) is 0 Å². The van der Waals surface area contributed by atoms with Crippen LogP contribution in [0.3, 0.4) is 0 Å². The summed E-state index contributed by atoms with van der Waals surface area (Å²) < 4.78 is 33.4. The summed E-state index contributed by atoms with van der Waals surface area (Å²) in [5, 5.41) is 5.04. The Hall–Kier alpha value is -0.250. The van der Waals surface area contributed by atoms with Gasteiger partial charge in [-0.2, -0.15) is 0 Å². The lowest BCUT2D eigenvalue weighted by Gasteiger charge is -2.43. The fourth-order valence-electron chi connectivity index (χ4n) is 3.19. The second-order valence-electron chi connectivity index (χ2n) is 6.71. The Kier molecular flexibility index (Phi) is 7.24. The number of nitrogens with zero attached hydrogens (tertiary/aromatic N) is 1. The van der Waals surface area contributed by atoms with Gasteiger partial charge >= 0.3 is 0 Å². The number of ether oxygens (including phenoxy) is 2. The molecule has 1 saturated carbocycles. The normalized spacial score (nSPS) is 23.4. The molecule has 1 unspecified atom stereocenters. The van der Waals surface area contributed by atoms with Crippen LogP contribution in [0, 0.1) is 5.92 Å². The van der Waals surface area contributed by atoms with Crippen molar-refractivity contribution in [2.45, 2.75) is 44.2 Å². The maximum absolute atomic E-state index is 11.0. The molecule has 0 aromatic rings. The smallest absolute Gasteiger partial charge is 0.209 e. The first kappa shape index (κ1) is 19.1. The number of morpholine rings is 1. The molecule has 0 radical (unpaired) electrons. The molecule has 1 saturated heterocycles. The van der Waals surface area contributed by atoms with Gasteiger partial charge in [0.15, 0.2) is 0 Å². The van der Waals surface area contributed by atoms with Crippen molar-refractivity contribution in [1.29, 1.82) is 0 Å². The molecule has 0 aromatic heterocycles. The van der Waals surface area contributed by atoms with Gasteiger partial charge in [0.05, 0.1) is 25.6 Å². The number of hydrogen-bond donors (Lipinski definition) is 2. The molecule has 136 valence electrons. The fraction of sp³-hybridized carbons (Fsp3) is 1.00. The van der Waals surface area contributed by atoms with Crippen molar-refractivity contribution < 1.29 is 17.9 Å². The Bertz CT molecular complexity index is 450. The largest absolute Gasteiger partial charge is 0.379 e. The van der Waals surface area contributed by atoms with Gasteiger partial charge in [0, 0.05) is 25.6 Å². The van der Waals surface area contributed by atoms with Crippen LogP contribution in [0.25, 0.3) is 0 Å². The van der Waals surface area contributed by atoms with Crippen molar-refractivity contribution in [3.63, 3.8) is 0 Å². The Morgan fingerprint density at radius 2 is 1.91 bits per heavy atom. The minimum absolute atomic E-state index is 0.0154. The fourth-order valence-corrected chi connectivity index (χ4v) is 3.79. The molecule has 0 aromatic carbocycles. The Balaban J connectivity index is 1.73. The molecule has 7 nitrogen and oxygen atoms in total. The van der Waals surface area contributed by atoms with E-state index in [0.717, 1.165) is 52.1 Å². The van der Waals surface area contributed by atoms with Gasteiger partial charge < -0.3 is 15.2 Å². The zero-order valence-electron chi connectivity index (χ0n) is 13.9. The number of sulfonamides is 1. The highest BCUT2D eigenvalue weighted by molar-refractivity contribution is 7.89. The van der Waals surface area contributed by atoms with E-state index in [1.54, 1.807) is 0 Å². The topological polar surface area (TPSA) is 108 Å². The highest BCUT2D eigenvalue weighted by atomic mass is 32.2. The molecular formula is C15H31N3O4S. The molecule has 1 heterocycles. The van der Waals surface area contributed by atoms with E-state index >= 15 is 0 Å². The van der Waals surface area contributed by atoms with Crippen molar-refractivity contribution in [2.24, 2.45) is 16.8 Å². The predicted octanol–water partition coefficient (Wildman–Crippen LogP) is 0.249. The minimum Gasteiger partial charge on any atom is -0.379 e. The Morgan fingerprint density at radius 3 is 2.48 bits per heavy atom. The summed E-state index contributed by atoms with van der Waals surface area (Å²) in [6.07, 6.45) is 5.36. The first-order valence-corrected chi connectivity index (χ1v) is 10.3. The maximum Gasteiger partial charge on any atom is 0.209 e. The zero-order chi connectivity index (χ0) is 16.8. The van der Waals surface area contributed by atoms with E-state index in [9.17, 15) is 8.42 Å². The summed E-state index contributed by atoms with van der Waals surface area (Å²) in [5.41, 5.74) is 5.90. The van der Waals surface area contributed by atoms with Gasteiger partial charge in [-0.1, -0.05) is 6.42 Å².